The number of ketones is 1. The minimum Gasteiger partial charge on any atom is -0.368 e. The zero-order chi connectivity index (χ0) is 14.6. The van der Waals surface area contributed by atoms with Crippen LogP contribution in [0.25, 0.3) is 0 Å². The Balaban J connectivity index is 4.90. The topological polar surface area (TPSA) is 35.5 Å². The Hall–Kier alpha value is -0.850. The highest BCUT2D eigenvalue weighted by molar-refractivity contribution is 5.89. The van der Waals surface area contributed by atoms with Crippen LogP contribution in [0.3, 0.4) is 0 Å². The largest absolute Gasteiger partial charge is 0.368 e. The molecule has 0 saturated heterocycles. The number of rotatable bonds is 7. The molecule has 0 aromatic heterocycles. The minimum absolute atomic E-state index is 0.0227. The molecular formula is C15H26O3. The number of carbonyl (C=O) groups excluding carboxylic acids is 1. The van der Waals surface area contributed by atoms with Gasteiger partial charge in [-0.1, -0.05) is 19.8 Å². The molecule has 18 heavy (non-hydrogen) atoms. The zero-order valence-electron chi connectivity index (χ0n) is 12.7. The Labute approximate surface area is 111 Å². The van der Waals surface area contributed by atoms with Crippen molar-refractivity contribution in [2.24, 2.45) is 5.41 Å². The van der Waals surface area contributed by atoms with Gasteiger partial charge in [-0.3, -0.25) is 4.79 Å². The van der Waals surface area contributed by atoms with Gasteiger partial charge in [0.15, 0.2) is 5.78 Å². The highest BCUT2D eigenvalue weighted by atomic mass is 16.5. The molecule has 0 spiro atoms. The van der Waals surface area contributed by atoms with Gasteiger partial charge in [0.1, 0.15) is 12.7 Å². The van der Waals surface area contributed by atoms with Crippen LogP contribution in [0, 0.1) is 17.8 Å². The Morgan fingerprint density at radius 1 is 1.22 bits per heavy atom. The van der Waals surface area contributed by atoms with Crippen LogP contribution in [0.15, 0.2) is 0 Å². The van der Waals surface area contributed by atoms with E-state index in [2.05, 4.69) is 5.92 Å². The van der Waals surface area contributed by atoms with E-state index in [0.717, 1.165) is 0 Å². The van der Waals surface area contributed by atoms with Gasteiger partial charge in [0.2, 0.25) is 0 Å². The van der Waals surface area contributed by atoms with Crippen LogP contribution < -0.4 is 0 Å². The summed E-state index contributed by atoms with van der Waals surface area (Å²) < 4.78 is 11.2. The van der Waals surface area contributed by atoms with Gasteiger partial charge in [0, 0.05) is 0 Å². The third kappa shape index (κ3) is 4.12. The number of Topliss-reactive ketones (excluding diaryl/α,β-unsaturated/α-hetero) is 1. The van der Waals surface area contributed by atoms with Crippen LogP contribution in [0.5, 0.6) is 0 Å². The molecule has 1 unspecified atom stereocenters. The maximum absolute atomic E-state index is 12.5. The van der Waals surface area contributed by atoms with Crippen LogP contribution in [0.2, 0.25) is 0 Å². The number of terminal acetylenes is 1. The second-order valence-corrected chi connectivity index (χ2v) is 5.82. The Kier molecular flexibility index (Phi) is 6.06. The van der Waals surface area contributed by atoms with Gasteiger partial charge in [0.25, 0.3) is 0 Å². The van der Waals surface area contributed by atoms with Crippen molar-refractivity contribution in [1.82, 2.24) is 0 Å². The molecule has 0 amide bonds. The Bertz CT molecular complexity index is 321. The average molecular weight is 254 g/mol. The van der Waals surface area contributed by atoms with Crippen LogP contribution in [0.1, 0.15) is 48.5 Å². The van der Waals surface area contributed by atoms with Crippen molar-refractivity contribution in [2.75, 3.05) is 6.61 Å². The summed E-state index contributed by atoms with van der Waals surface area (Å²) in [6.07, 6.45) is 4.77. The molecule has 0 aliphatic carbocycles. The summed E-state index contributed by atoms with van der Waals surface area (Å²) in [5.41, 5.74) is -1.30. The van der Waals surface area contributed by atoms with Crippen LogP contribution in [0.4, 0.5) is 0 Å². The van der Waals surface area contributed by atoms with Crippen molar-refractivity contribution < 1.29 is 14.3 Å². The van der Waals surface area contributed by atoms with Crippen molar-refractivity contribution in [3.63, 3.8) is 0 Å². The first-order valence-electron chi connectivity index (χ1n) is 6.33. The third-order valence-electron chi connectivity index (χ3n) is 3.48. The first kappa shape index (κ1) is 17.2. The van der Waals surface area contributed by atoms with Crippen molar-refractivity contribution >= 4 is 5.78 Å². The van der Waals surface area contributed by atoms with E-state index in [1.807, 2.05) is 41.5 Å². The lowest BCUT2D eigenvalue weighted by Gasteiger charge is -2.41. The molecule has 0 aromatic carbocycles. The summed E-state index contributed by atoms with van der Waals surface area (Å²) in [5, 5.41) is 0. The van der Waals surface area contributed by atoms with E-state index in [1.54, 1.807) is 6.92 Å². The van der Waals surface area contributed by atoms with Crippen molar-refractivity contribution in [3.05, 3.63) is 0 Å². The molecule has 0 aliphatic heterocycles. The fourth-order valence-corrected chi connectivity index (χ4v) is 1.68. The van der Waals surface area contributed by atoms with E-state index in [9.17, 15) is 4.79 Å². The zero-order valence-corrected chi connectivity index (χ0v) is 12.7. The molecule has 0 heterocycles. The molecule has 3 nitrogen and oxygen atoms in total. The van der Waals surface area contributed by atoms with E-state index in [0.29, 0.717) is 0 Å². The first-order valence-corrected chi connectivity index (χ1v) is 6.33. The van der Waals surface area contributed by atoms with Crippen molar-refractivity contribution in [2.45, 2.75) is 66.3 Å². The summed E-state index contributed by atoms with van der Waals surface area (Å²) in [5.74, 6) is 2.46. The number of ether oxygens (including phenoxy) is 2. The fourth-order valence-electron chi connectivity index (χ4n) is 1.68. The molecule has 104 valence electrons. The molecule has 0 aliphatic rings. The van der Waals surface area contributed by atoms with E-state index in [1.165, 1.54) is 0 Å². The molecule has 0 rings (SSSR count). The fraction of sp³-hybridized carbons (Fsp3) is 0.800. The highest BCUT2D eigenvalue weighted by Gasteiger charge is 2.45. The Morgan fingerprint density at radius 3 is 2.11 bits per heavy atom. The van der Waals surface area contributed by atoms with Gasteiger partial charge in [-0.25, -0.2) is 0 Å². The summed E-state index contributed by atoms with van der Waals surface area (Å²) in [4.78, 5) is 12.5. The van der Waals surface area contributed by atoms with E-state index < -0.39 is 17.1 Å². The highest BCUT2D eigenvalue weighted by Crippen LogP contribution is 2.36. The van der Waals surface area contributed by atoms with Gasteiger partial charge in [-0.15, -0.1) is 6.42 Å². The van der Waals surface area contributed by atoms with Gasteiger partial charge in [-0.2, -0.15) is 0 Å². The standard InChI is InChI=1S/C15H26O3/c1-9-10-17-15(7,8)14(5,6)13(16)12(4)18-11(2)3/h1,11-12H,10H2,2-8H3. The second kappa shape index (κ2) is 6.36. The predicted molar refractivity (Wildman–Crippen MR) is 73.3 cm³/mol. The molecule has 0 fully saturated rings. The van der Waals surface area contributed by atoms with Gasteiger partial charge < -0.3 is 9.47 Å². The maximum Gasteiger partial charge on any atom is 0.169 e. The van der Waals surface area contributed by atoms with Crippen LogP contribution in [-0.4, -0.2) is 30.2 Å². The van der Waals surface area contributed by atoms with E-state index in [4.69, 9.17) is 15.9 Å². The quantitative estimate of drug-likeness (QED) is 0.655. The first-order chi connectivity index (χ1) is 8.06. The second-order valence-electron chi connectivity index (χ2n) is 5.82. The molecule has 3 heteroatoms. The van der Waals surface area contributed by atoms with Gasteiger partial charge in [-0.05, 0) is 34.6 Å². The van der Waals surface area contributed by atoms with Gasteiger partial charge in [0.05, 0.1) is 17.1 Å². The Morgan fingerprint density at radius 2 is 1.72 bits per heavy atom. The molecule has 0 bridgehead atoms. The molecule has 0 radical (unpaired) electrons. The lowest BCUT2D eigenvalue weighted by molar-refractivity contribution is -0.159. The maximum atomic E-state index is 12.5. The molecule has 0 saturated carbocycles. The minimum atomic E-state index is -0.668. The van der Waals surface area contributed by atoms with Crippen molar-refractivity contribution in [3.8, 4) is 12.3 Å². The number of carbonyl (C=O) groups is 1. The van der Waals surface area contributed by atoms with Crippen LogP contribution in [-0.2, 0) is 14.3 Å². The summed E-state index contributed by atoms with van der Waals surface area (Å²) in [7, 11) is 0. The monoisotopic (exact) mass is 254 g/mol. The molecule has 0 aromatic rings. The molecule has 0 N–H and O–H groups in total. The predicted octanol–water partition coefficient (Wildman–Crippen LogP) is 2.82. The number of hydrogen-bond donors (Lipinski definition) is 0. The molecule has 1 atom stereocenters. The third-order valence-corrected chi connectivity index (χ3v) is 3.48. The lowest BCUT2D eigenvalue weighted by Crippen LogP contribution is -2.51. The summed E-state index contributed by atoms with van der Waals surface area (Å²) in [6, 6.07) is 0. The number of hydrogen-bond acceptors (Lipinski definition) is 3. The summed E-state index contributed by atoms with van der Waals surface area (Å²) >= 11 is 0. The van der Waals surface area contributed by atoms with Crippen molar-refractivity contribution in [1.29, 1.82) is 0 Å². The average Bonchev–Trinajstić information content (AvgIpc) is 2.24. The summed E-state index contributed by atoms with van der Waals surface area (Å²) in [6.45, 7) is 13.3. The molecular weight excluding hydrogens is 228 g/mol. The van der Waals surface area contributed by atoms with E-state index in [-0.39, 0.29) is 18.5 Å². The van der Waals surface area contributed by atoms with Gasteiger partial charge >= 0.3 is 0 Å². The normalized spacial score (nSPS) is 14.4. The smallest absolute Gasteiger partial charge is 0.169 e. The SMILES string of the molecule is C#CCOC(C)(C)C(C)(C)C(=O)C(C)OC(C)C. The van der Waals surface area contributed by atoms with E-state index >= 15 is 0 Å². The van der Waals surface area contributed by atoms with Crippen LogP contribution >= 0.6 is 0 Å². The lowest BCUT2D eigenvalue weighted by atomic mass is 9.72.